The largest absolute Gasteiger partial charge is 0.383 e. The number of halogens is 1. The Bertz CT molecular complexity index is 390. The minimum Gasteiger partial charge on any atom is -0.383 e. The molecule has 1 aromatic heterocycles. The van der Waals surface area contributed by atoms with Crippen LogP contribution in [0.2, 0.25) is 5.02 Å². The highest BCUT2D eigenvalue weighted by atomic mass is 35.5. The van der Waals surface area contributed by atoms with Crippen LogP contribution >= 0.6 is 23.4 Å². The van der Waals surface area contributed by atoms with Gasteiger partial charge in [0.25, 0.3) is 0 Å². The topological polar surface area (TPSA) is 39.1 Å². The lowest BCUT2D eigenvalue weighted by Gasteiger charge is -2.23. The van der Waals surface area contributed by atoms with Gasteiger partial charge >= 0.3 is 0 Å². The summed E-state index contributed by atoms with van der Waals surface area (Å²) in [7, 11) is 3.65. The van der Waals surface area contributed by atoms with Crippen molar-refractivity contribution in [3.05, 3.63) is 16.9 Å². The highest BCUT2D eigenvalue weighted by Crippen LogP contribution is 2.31. The molecular formula is C13H24ClN3OS. The van der Waals surface area contributed by atoms with Crippen molar-refractivity contribution in [2.45, 2.75) is 38.1 Å². The second-order valence-electron chi connectivity index (χ2n) is 5.36. The molecule has 0 amide bonds. The summed E-state index contributed by atoms with van der Waals surface area (Å²) in [6.45, 7) is 8.00. The molecule has 0 saturated heterocycles. The van der Waals surface area contributed by atoms with Gasteiger partial charge in [-0.15, -0.1) is 0 Å². The van der Waals surface area contributed by atoms with E-state index >= 15 is 0 Å². The Morgan fingerprint density at radius 3 is 2.74 bits per heavy atom. The third-order valence-electron chi connectivity index (χ3n) is 2.70. The molecule has 6 heteroatoms. The molecule has 110 valence electrons. The maximum atomic E-state index is 6.27. The highest BCUT2D eigenvalue weighted by molar-refractivity contribution is 8.00. The van der Waals surface area contributed by atoms with Crippen molar-refractivity contribution in [2.75, 3.05) is 26.5 Å². The zero-order valence-corrected chi connectivity index (χ0v) is 13.9. The van der Waals surface area contributed by atoms with Gasteiger partial charge in [0.05, 0.1) is 36.1 Å². The molecule has 0 aliphatic carbocycles. The van der Waals surface area contributed by atoms with Gasteiger partial charge in [-0.3, -0.25) is 4.68 Å². The van der Waals surface area contributed by atoms with Crippen molar-refractivity contribution in [2.24, 2.45) is 0 Å². The number of hydrogen-bond acceptors (Lipinski definition) is 4. The molecule has 4 nitrogen and oxygen atoms in total. The first-order chi connectivity index (χ1) is 8.89. The zero-order chi connectivity index (χ0) is 14.5. The summed E-state index contributed by atoms with van der Waals surface area (Å²) in [6.07, 6.45) is 1.71. The Hall–Kier alpha value is -0.230. The van der Waals surface area contributed by atoms with Crippen LogP contribution < -0.4 is 5.32 Å². The number of methoxy groups -OCH3 is 1. The summed E-state index contributed by atoms with van der Waals surface area (Å²) in [5, 5.41) is 8.36. The number of nitrogens with one attached hydrogen (secondary N) is 1. The molecule has 0 aliphatic rings. The van der Waals surface area contributed by atoms with Crippen molar-refractivity contribution in [3.63, 3.8) is 0 Å². The first-order valence-electron chi connectivity index (χ1n) is 6.40. The maximum Gasteiger partial charge on any atom is 0.0834 e. The molecule has 0 aliphatic heterocycles. The second-order valence-corrected chi connectivity index (χ2v) is 7.61. The van der Waals surface area contributed by atoms with Crippen molar-refractivity contribution in [3.8, 4) is 0 Å². The Labute approximate surface area is 125 Å². The number of nitrogens with zero attached hydrogens (tertiary/aromatic N) is 2. The molecule has 0 radical (unpaired) electrons. The number of rotatable bonds is 7. The SMILES string of the molecule is CNC(CSC(C)(C)C)c1c(Cl)cnn1CCOC. The van der Waals surface area contributed by atoms with Crippen LogP contribution in [0.3, 0.4) is 0 Å². The first-order valence-corrected chi connectivity index (χ1v) is 7.76. The number of aromatic nitrogens is 2. The summed E-state index contributed by atoms with van der Waals surface area (Å²) >= 11 is 8.19. The fourth-order valence-electron chi connectivity index (χ4n) is 1.71. The third kappa shape index (κ3) is 5.34. The number of hydrogen-bond donors (Lipinski definition) is 1. The molecule has 0 fully saturated rings. The van der Waals surface area contributed by atoms with Gasteiger partial charge in [-0.1, -0.05) is 32.4 Å². The molecule has 1 heterocycles. The Balaban J connectivity index is 2.81. The summed E-state index contributed by atoms with van der Waals surface area (Å²) in [5.41, 5.74) is 1.04. The van der Waals surface area contributed by atoms with Crippen LogP contribution in [0.5, 0.6) is 0 Å². The minimum atomic E-state index is 0.191. The quantitative estimate of drug-likeness (QED) is 0.840. The van der Waals surface area contributed by atoms with Crippen molar-refractivity contribution >= 4 is 23.4 Å². The highest BCUT2D eigenvalue weighted by Gasteiger charge is 2.21. The molecule has 0 saturated carbocycles. The van der Waals surface area contributed by atoms with E-state index in [0.717, 1.165) is 18.0 Å². The zero-order valence-electron chi connectivity index (χ0n) is 12.4. The van der Waals surface area contributed by atoms with E-state index in [2.05, 4.69) is 31.2 Å². The van der Waals surface area contributed by atoms with E-state index in [1.165, 1.54) is 0 Å². The van der Waals surface area contributed by atoms with Crippen molar-refractivity contribution in [1.82, 2.24) is 15.1 Å². The number of ether oxygens (including phenoxy) is 1. The van der Waals surface area contributed by atoms with E-state index < -0.39 is 0 Å². The van der Waals surface area contributed by atoms with Gasteiger partial charge in [-0.25, -0.2) is 0 Å². The average Bonchev–Trinajstić information content (AvgIpc) is 2.68. The summed E-state index contributed by atoms with van der Waals surface area (Å²) in [6, 6.07) is 0.191. The lowest BCUT2D eigenvalue weighted by molar-refractivity contribution is 0.182. The van der Waals surface area contributed by atoms with Gasteiger partial charge in [0.15, 0.2) is 0 Å². The summed E-state index contributed by atoms with van der Waals surface area (Å²) < 4.78 is 7.27. The predicted octanol–water partition coefficient (Wildman–Crippen LogP) is 2.98. The van der Waals surface area contributed by atoms with Gasteiger partial charge in [-0.2, -0.15) is 16.9 Å². The normalized spacial score (nSPS) is 13.8. The van der Waals surface area contributed by atoms with E-state index in [4.69, 9.17) is 16.3 Å². The summed E-state index contributed by atoms with van der Waals surface area (Å²) in [5.74, 6) is 0.957. The maximum absolute atomic E-state index is 6.27. The standard InChI is InChI=1S/C13H24ClN3OS/c1-13(2,3)19-9-11(15-4)12-10(14)8-16-17(12)6-7-18-5/h8,11,15H,6-7,9H2,1-5H3. The Kier molecular flexibility index (Phi) is 6.66. The lowest BCUT2D eigenvalue weighted by atomic mass is 10.2. The lowest BCUT2D eigenvalue weighted by Crippen LogP contribution is -2.25. The molecule has 0 aromatic carbocycles. The van der Waals surface area contributed by atoms with E-state index in [-0.39, 0.29) is 10.8 Å². The predicted molar refractivity (Wildman–Crippen MR) is 83.1 cm³/mol. The Morgan fingerprint density at radius 2 is 2.21 bits per heavy atom. The first kappa shape index (κ1) is 16.8. The molecule has 1 atom stereocenters. The van der Waals surface area contributed by atoms with E-state index in [0.29, 0.717) is 11.6 Å². The molecule has 1 unspecified atom stereocenters. The molecule has 1 rings (SSSR count). The fraction of sp³-hybridized carbons (Fsp3) is 0.769. The fourth-order valence-corrected chi connectivity index (χ4v) is 2.97. The smallest absolute Gasteiger partial charge is 0.0834 e. The van der Waals surface area contributed by atoms with Crippen LogP contribution in [0.4, 0.5) is 0 Å². The van der Waals surface area contributed by atoms with Crippen LogP contribution in [0, 0.1) is 0 Å². The van der Waals surface area contributed by atoms with Crippen molar-refractivity contribution < 1.29 is 4.74 Å². The number of thioether (sulfide) groups is 1. The Morgan fingerprint density at radius 1 is 1.53 bits per heavy atom. The van der Waals surface area contributed by atoms with Gasteiger partial charge in [0.1, 0.15) is 0 Å². The third-order valence-corrected chi connectivity index (χ3v) is 4.36. The van der Waals surface area contributed by atoms with E-state index in [1.807, 2.05) is 23.5 Å². The van der Waals surface area contributed by atoms with Gasteiger partial charge in [-0.05, 0) is 7.05 Å². The second kappa shape index (κ2) is 7.53. The molecule has 0 spiro atoms. The summed E-state index contributed by atoms with van der Waals surface area (Å²) in [4.78, 5) is 0. The average molecular weight is 306 g/mol. The van der Waals surface area contributed by atoms with Crippen molar-refractivity contribution in [1.29, 1.82) is 0 Å². The molecule has 1 N–H and O–H groups in total. The van der Waals surface area contributed by atoms with E-state index in [9.17, 15) is 0 Å². The van der Waals surface area contributed by atoms with Gasteiger partial charge < -0.3 is 10.1 Å². The monoisotopic (exact) mass is 305 g/mol. The molecule has 0 bridgehead atoms. The van der Waals surface area contributed by atoms with Gasteiger partial charge in [0, 0.05) is 17.6 Å². The molecule has 1 aromatic rings. The molecule has 19 heavy (non-hydrogen) atoms. The van der Waals surface area contributed by atoms with Gasteiger partial charge in [0.2, 0.25) is 0 Å². The van der Waals surface area contributed by atoms with Crippen LogP contribution in [-0.2, 0) is 11.3 Å². The molecular weight excluding hydrogens is 282 g/mol. The van der Waals surface area contributed by atoms with Crippen LogP contribution in [0.1, 0.15) is 32.5 Å². The van der Waals surface area contributed by atoms with Crippen LogP contribution in [-0.4, -0.2) is 41.0 Å². The minimum absolute atomic E-state index is 0.191. The van der Waals surface area contributed by atoms with E-state index in [1.54, 1.807) is 13.3 Å². The van der Waals surface area contributed by atoms with Crippen LogP contribution in [0.15, 0.2) is 6.20 Å². The van der Waals surface area contributed by atoms with Crippen LogP contribution in [0.25, 0.3) is 0 Å².